The lowest BCUT2D eigenvalue weighted by Gasteiger charge is -2.50. The summed E-state index contributed by atoms with van der Waals surface area (Å²) < 4.78 is 114. The van der Waals surface area contributed by atoms with Gasteiger partial charge in [-0.15, -0.1) is 0 Å². The third-order valence-electron chi connectivity index (χ3n) is 17.3. The zero-order valence-electron chi connectivity index (χ0n) is 54.3. The summed E-state index contributed by atoms with van der Waals surface area (Å²) in [6.07, 6.45) is -84.9. The maximum Gasteiger partial charge on any atom is 0.329 e. The molecular weight excluding hydrogens is 1460 g/mol. The molecule has 0 saturated carbocycles. The van der Waals surface area contributed by atoms with Gasteiger partial charge in [-0.25, -0.2) is 28.8 Å². The van der Waals surface area contributed by atoms with Gasteiger partial charge in [0.2, 0.25) is 0 Å². The van der Waals surface area contributed by atoms with Gasteiger partial charge in [0, 0.05) is 0 Å². The molecule has 602 valence electrons. The molecule has 0 aliphatic carbocycles. The molecule has 0 amide bonds. The molecule has 49 heteroatoms. The summed E-state index contributed by atoms with van der Waals surface area (Å²) in [5.41, 5.74) is 0. The number of rotatable bonds is 27. The van der Waals surface area contributed by atoms with Crippen molar-refractivity contribution in [2.24, 2.45) is 0 Å². The molecule has 36 atom stereocenters. The Balaban J connectivity index is 1.21. The van der Waals surface area contributed by atoms with Gasteiger partial charge in [-0.2, -0.15) is 0 Å². The molecule has 0 radical (unpaired) electrons. The minimum absolute atomic E-state index is 0.994. The van der Waals surface area contributed by atoms with Crippen molar-refractivity contribution in [2.75, 3.05) is 79.3 Å². The van der Waals surface area contributed by atoms with Gasteiger partial charge in [0.1, 0.15) is 211 Å². The van der Waals surface area contributed by atoms with Crippen molar-refractivity contribution in [2.45, 2.75) is 227 Å². The van der Waals surface area contributed by atoms with Gasteiger partial charge in [0.25, 0.3) is 0 Å². The standard InChI is InChI=1S/C56H84O49/c57-14(1-21(58)59)42-49-34(78)41(85)56(98-42)104-48-20(7-91-13-27(70)71)96-54(39(83)32(48)76)102-46-18(5-89-11-25(66)67)94-52(37(81)30(46)74)100-44-16(3-87-9-23(62)63)92-50(35(79)28(44)72)99-43-15(2-86-8-22(60)61)93-51(36(80)29(43)73)101-45-17(4-88-10-24(64)65)95-53(38(82)31(45)75)103-47-19(6-90-12-26(68)69)97-55(105-49)40(84)33(47)77/h14-20,28-57,72-85H,1-13H2,(H,58,59)(H,60,61)(H,62,63)(H,64,65)(H,66,67)(H,68,69)(H,70,71). The second-order valence-corrected chi connectivity index (χ2v) is 24.9. The van der Waals surface area contributed by atoms with Crippen LogP contribution in [-0.2, 0) is 128 Å². The molecule has 36 unspecified atom stereocenters. The Morgan fingerprint density at radius 3 is 0.562 bits per heavy atom. The monoisotopic (exact) mass is 1540 g/mol. The molecule has 21 rings (SSSR count). The number of ether oxygens (including phenoxy) is 20. The van der Waals surface area contributed by atoms with E-state index in [2.05, 4.69) is 0 Å². The number of hydrogen-bond acceptors (Lipinski definition) is 42. The largest absolute Gasteiger partial charge is 0.481 e. The van der Waals surface area contributed by atoms with Crippen LogP contribution >= 0.6 is 0 Å². The molecule has 0 aromatic rings. The van der Waals surface area contributed by atoms with Crippen molar-refractivity contribution in [3.63, 3.8) is 0 Å². The molecule has 0 aromatic carbocycles. The van der Waals surface area contributed by atoms with Crippen LogP contribution in [-0.4, -0.2) is 454 Å². The highest BCUT2D eigenvalue weighted by atomic mass is 16.8. The van der Waals surface area contributed by atoms with Gasteiger partial charge in [-0.3, -0.25) is 4.79 Å². The average molecular weight is 1540 g/mol. The third kappa shape index (κ3) is 21.7. The Labute approximate surface area is 588 Å². The van der Waals surface area contributed by atoms with Crippen molar-refractivity contribution in [1.82, 2.24) is 0 Å². The van der Waals surface area contributed by atoms with E-state index in [0.29, 0.717) is 0 Å². The molecular formula is C56H84O49. The number of carboxylic acids is 7. The van der Waals surface area contributed by atoms with Gasteiger partial charge in [-0.05, 0) is 0 Å². The minimum Gasteiger partial charge on any atom is -0.481 e. The Hall–Kier alpha value is -5.11. The summed E-state index contributed by atoms with van der Waals surface area (Å²) in [6.45, 7) is -12.9. The zero-order valence-corrected chi connectivity index (χ0v) is 54.3. The normalized spacial score (nSPS) is 43.8. The summed E-state index contributed by atoms with van der Waals surface area (Å²) in [7, 11) is 0. The molecule has 21 heterocycles. The number of hydrogen-bond donors (Lipinski definition) is 22. The number of carboxylic acid groups (broad SMARTS) is 7. The molecule has 49 nitrogen and oxygen atoms in total. The van der Waals surface area contributed by atoms with E-state index >= 15 is 0 Å². The van der Waals surface area contributed by atoms with E-state index in [4.69, 9.17) is 94.7 Å². The van der Waals surface area contributed by atoms with Crippen LogP contribution in [0, 0.1) is 0 Å². The van der Waals surface area contributed by atoms with E-state index in [1.54, 1.807) is 0 Å². The fourth-order valence-corrected chi connectivity index (χ4v) is 12.3. The van der Waals surface area contributed by atoms with Crippen molar-refractivity contribution >= 4 is 41.8 Å². The predicted octanol–water partition coefficient (Wildman–Crippen LogP) is -14.7. The Morgan fingerprint density at radius 1 is 0.229 bits per heavy atom. The minimum atomic E-state index is -2.58. The summed E-state index contributed by atoms with van der Waals surface area (Å²) in [5.74, 6) is -11.4. The van der Waals surface area contributed by atoms with Gasteiger partial charge in [0.15, 0.2) is 44.0 Å². The first-order chi connectivity index (χ1) is 49.6. The van der Waals surface area contributed by atoms with Crippen LogP contribution in [0.4, 0.5) is 0 Å². The van der Waals surface area contributed by atoms with Crippen LogP contribution in [0.2, 0.25) is 0 Å². The van der Waals surface area contributed by atoms with Crippen molar-refractivity contribution in [3.8, 4) is 0 Å². The van der Waals surface area contributed by atoms with E-state index in [1.165, 1.54) is 0 Å². The maximum atomic E-state index is 12.1. The van der Waals surface area contributed by atoms with Crippen LogP contribution in [0.1, 0.15) is 6.42 Å². The number of aliphatic hydroxyl groups excluding tert-OH is 15. The van der Waals surface area contributed by atoms with Crippen LogP contribution in [0.5, 0.6) is 0 Å². The predicted molar refractivity (Wildman–Crippen MR) is 308 cm³/mol. The van der Waals surface area contributed by atoms with E-state index in [9.17, 15) is 146 Å². The van der Waals surface area contributed by atoms with Crippen LogP contribution in [0.3, 0.4) is 0 Å². The maximum absolute atomic E-state index is 12.1. The van der Waals surface area contributed by atoms with Crippen LogP contribution < -0.4 is 0 Å². The average Bonchev–Trinajstić information content (AvgIpc) is 0.805. The highest BCUT2D eigenvalue weighted by Gasteiger charge is 2.61. The Morgan fingerprint density at radius 2 is 0.390 bits per heavy atom. The summed E-state index contributed by atoms with van der Waals surface area (Å²) in [4.78, 5) is 82.2. The van der Waals surface area contributed by atoms with Gasteiger partial charge in [0.05, 0.1) is 52.2 Å². The summed E-state index contributed by atoms with van der Waals surface area (Å²) >= 11 is 0. The number of aliphatic carboxylic acids is 7. The fourth-order valence-electron chi connectivity index (χ4n) is 12.3. The SMILES string of the molecule is O=C(O)COCC1OC2OC3C(COCC(=O)O)OC(OC4C(COCC(=O)O)OC(OC5C(O)C(O)C(OC6C(COCC(=O)O)OC(OC7C(COCC(=O)O)OC(OC8C(COCC(=O)O)OC(OC1C(O)C2O)C(O)C8O)C(O)C7O)C(O)C6O)OC5C(O)CC(=O)O)C(O)C4O)C(O)C3O. The van der Waals surface area contributed by atoms with E-state index in [-0.39, 0.29) is 0 Å². The molecule has 0 spiro atoms. The lowest BCUT2D eigenvalue weighted by molar-refractivity contribution is -0.399. The van der Waals surface area contributed by atoms with E-state index in [1.807, 2.05) is 0 Å². The second-order valence-electron chi connectivity index (χ2n) is 24.9. The molecule has 21 aliphatic heterocycles. The third-order valence-corrected chi connectivity index (χ3v) is 17.3. The molecule has 14 bridgehead atoms. The first kappa shape index (κ1) is 85.5. The Kier molecular flexibility index (Phi) is 31.3. The van der Waals surface area contributed by atoms with E-state index < -0.39 is 349 Å². The van der Waals surface area contributed by atoms with E-state index in [0.717, 1.165) is 0 Å². The van der Waals surface area contributed by atoms with Crippen molar-refractivity contribution in [1.29, 1.82) is 0 Å². The molecule has 0 aromatic heterocycles. The quantitative estimate of drug-likeness (QED) is 0.0363. The zero-order chi connectivity index (χ0) is 77.2. The summed E-state index contributed by atoms with van der Waals surface area (Å²) in [6, 6.07) is 0. The topological polar surface area (TPSA) is 749 Å². The van der Waals surface area contributed by atoms with Crippen LogP contribution in [0.15, 0.2) is 0 Å². The summed E-state index contributed by atoms with van der Waals surface area (Å²) in [5, 5.41) is 243. The second kappa shape index (κ2) is 38.5. The van der Waals surface area contributed by atoms with Gasteiger partial charge in [-0.1, -0.05) is 0 Å². The fraction of sp³-hybridized carbons (Fsp3) is 0.875. The lowest BCUT2D eigenvalue weighted by atomic mass is 9.92. The lowest BCUT2D eigenvalue weighted by Crippen LogP contribution is -2.69. The first-order valence-corrected chi connectivity index (χ1v) is 31.9. The van der Waals surface area contributed by atoms with Crippen molar-refractivity contribution in [3.05, 3.63) is 0 Å². The van der Waals surface area contributed by atoms with Gasteiger partial charge < -0.3 is 207 Å². The molecule has 21 fully saturated rings. The number of aliphatic hydroxyl groups is 15. The van der Waals surface area contributed by atoms with Gasteiger partial charge >= 0.3 is 41.8 Å². The highest BCUT2D eigenvalue weighted by molar-refractivity contribution is 5.69. The first-order valence-electron chi connectivity index (χ1n) is 31.9. The highest BCUT2D eigenvalue weighted by Crippen LogP contribution is 2.40. The molecule has 21 aliphatic rings. The Bertz CT molecular complexity index is 2770. The molecule has 105 heavy (non-hydrogen) atoms. The molecule has 21 saturated heterocycles. The van der Waals surface area contributed by atoms with Crippen LogP contribution in [0.25, 0.3) is 0 Å². The number of carbonyl (C=O) groups is 7. The van der Waals surface area contributed by atoms with Crippen molar-refractivity contribution < 1.29 is 241 Å². The smallest absolute Gasteiger partial charge is 0.329 e. The molecule has 22 N–H and O–H groups in total.